The highest BCUT2D eigenvalue weighted by Crippen LogP contribution is 2.23. The van der Waals surface area contributed by atoms with E-state index >= 15 is 0 Å². The van der Waals surface area contributed by atoms with E-state index < -0.39 is 6.67 Å². The zero-order valence-corrected chi connectivity index (χ0v) is 8.29. The molecule has 2 heteroatoms. The largest absolute Gasteiger partial charge is 0.497 e. The first kappa shape index (κ1) is 10.8. The van der Waals surface area contributed by atoms with Gasteiger partial charge in [-0.15, -0.1) is 0 Å². The van der Waals surface area contributed by atoms with Crippen molar-refractivity contribution >= 4 is 6.08 Å². The van der Waals surface area contributed by atoms with Crippen molar-refractivity contribution in [2.75, 3.05) is 13.8 Å². The number of hydrogen-bond donors (Lipinski definition) is 0. The first-order valence-corrected chi connectivity index (χ1v) is 4.41. The number of hydrogen-bond acceptors (Lipinski definition) is 1. The molecule has 0 aliphatic carbocycles. The van der Waals surface area contributed by atoms with Crippen LogP contribution in [0.4, 0.5) is 4.39 Å². The van der Waals surface area contributed by atoms with Gasteiger partial charge in [-0.3, -0.25) is 4.39 Å². The number of benzene rings is 1. The summed E-state index contributed by atoms with van der Waals surface area (Å²) in [5, 5.41) is 0. The summed E-state index contributed by atoms with van der Waals surface area (Å²) in [6, 6.07) is 5.51. The van der Waals surface area contributed by atoms with Gasteiger partial charge in [0.2, 0.25) is 0 Å². The van der Waals surface area contributed by atoms with Gasteiger partial charge < -0.3 is 4.74 Å². The maximum Gasteiger partial charge on any atom is 0.119 e. The fourth-order valence-electron chi connectivity index (χ4n) is 1.21. The monoisotopic (exact) mass is 193 g/mol. The molecule has 1 aromatic rings. The molecular formula is C12H14FO. The molecule has 1 unspecified atom stereocenters. The predicted octanol–water partition coefficient (Wildman–Crippen LogP) is 3.23. The molecule has 0 fully saturated rings. The fourth-order valence-corrected chi connectivity index (χ4v) is 1.21. The number of alkyl halides is 1. The second-order valence-corrected chi connectivity index (χ2v) is 3.09. The van der Waals surface area contributed by atoms with Crippen molar-refractivity contribution < 1.29 is 9.13 Å². The molecule has 1 radical (unpaired) electrons. The van der Waals surface area contributed by atoms with Crippen LogP contribution in [0.2, 0.25) is 0 Å². The number of rotatable bonds is 4. The van der Waals surface area contributed by atoms with E-state index in [0.717, 1.165) is 11.1 Å². The third kappa shape index (κ3) is 2.34. The molecule has 0 aliphatic heterocycles. The van der Waals surface area contributed by atoms with Crippen molar-refractivity contribution in [2.24, 2.45) is 0 Å². The minimum absolute atomic E-state index is 0.344. The Morgan fingerprint density at radius 2 is 2.21 bits per heavy atom. The lowest BCUT2D eigenvalue weighted by Gasteiger charge is -2.10. The molecule has 75 valence electrons. The molecule has 0 aliphatic rings. The average Bonchev–Trinajstić information content (AvgIpc) is 2.27. The summed E-state index contributed by atoms with van der Waals surface area (Å²) in [7, 11) is 1.58. The number of methoxy groups -OCH3 is 1. The van der Waals surface area contributed by atoms with Crippen LogP contribution in [0.3, 0.4) is 0 Å². The molecule has 0 saturated heterocycles. The van der Waals surface area contributed by atoms with Gasteiger partial charge in [0.05, 0.1) is 13.8 Å². The highest BCUT2D eigenvalue weighted by atomic mass is 19.1. The van der Waals surface area contributed by atoms with Gasteiger partial charge >= 0.3 is 0 Å². The van der Waals surface area contributed by atoms with Gasteiger partial charge in [0.15, 0.2) is 0 Å². The van der Waals surface area contributed by atoms with Gasteiger partial charge in [-0.2, -0.15) is 0 Å². The molecule has 0 aromatic heterocycles. The van der Waals surface area contributed by atoms with Gasteiger partial charge in [0, 0.05) is 5.92 Å². The van der Waals surface area contributed by atoms with Crippen LogP contribution in [-0.4, -0.2) is 13.8 Å². The maximum absolute atomic E-state index is 12.4. The van der Waals surface area contributed by atoms with E-state index in [0.29, 0.717) is 5.75 Å². The van der Waals surface area contributed by atoms with E-state index in [1.165, 1.54) is 0 Å². The Kier molecular flexibility index (Phi) is 3.69. The predicted molar refractivity (Wildman–Crippen MR) is 57.2 cm³/mol. The lowest BCUT2D eigenvalue weighted by Crippen LogP contribution is -1.97. The second kappa shape index (κ2) is 4.80. The highest BCUT2D eigenvalue weighted by molar-refractivity contribution is 5.52. The molecule has 1 aromatic carbocycles. The van der Waals surface area contributed by atoms with Crippen molar-refractivity contribution in [3.8, 4) is 5.75 Å². The van der Waals surface area contributed by atoms with Crippen molar-refractivity contribution in [1.29, 1.82) is 0 Å². The Balaban J connectivity index is 3.10. The summed E-state index contributed by atoms with van der Waals surface area (Å²) in [5.74, 6) is 0.364. The second-order valence-electron chi connectivity index (χ2n) is 3.09. The first-order chi connectivity index (χ1) is 6.71. The molecule has 0 saturated carbocycles. The Labute approximate surface area is 84.2 Å². The molecule has 0 bridgehead atoms. The summed E-state index contributed by atoms with van der Waals surface area (Å²) < 4.78 is 17.5. The van der Waals surface area contributed by atoms with Crippen LogP contribution in [-0.2, 0) is 0 Å². The van der Waals surface area contributed by atoms with E-state index in [-0.39, 0.29) is 5.92 Å². The Bertz CT molecular complexity index is 320. The van der Waals surface area contributed by atoms with Crippen LogP contribution in [0.25, 0.3) is 6.08 Å². The Morgan fingerprint density at radius 3 is 2.71 bits per heavy atom. The fraction of sp³-hybridized carbons (Fsp3) is 0.250. The Morgan fingerprint density at radius 1 is 1.50 bits per heavy atom. The van der Waals surface area contributed by atoms with Crippen LogP contribution < -0.4 is 4.74 Å². The zero-order valence-electron chi connectivity index (χ0n) is 8.29. The van der Waals surface area contributed by atoms with E-state index in [9.17, 15) is 4.39 Å². The molecule has 0 heterocycles. The van der Waals surface area contributed by atoms with E-state index in [2.05, 4.69) is 13.5 Å². The number of ether oxygens (including phenoxy) is 1. The third-order valence-corrected chi connectivity index (χ3v) is 2.08. The lowest BCUT2D eigenvalue weighted by atomic mass is 10.00. The van der Waals surface area contributed by atoms with Crippen molar-refractivity contribution in [2.45, 2.75) is 5.92 Å². The lowest BCUT2D eigenvalue weighted by molar-refractivity contribution is 0.412. The van der Waals surface area contributed by atoms with Crippen molar-refractivity contribution in [3.63, 3.8) is 0 Å². The van der Waals surface area contributed by atoms with Crippen molar-refractivity contribution in [3.05, 3.63) is 42.8 Å². The molecule has 1 nitrogen and oxygen atoms in total. The van der Waals surface area contributed by atoms with E-state index in [4.69, 9.17) is 4.74 Å². The standard InChI is InChI=1S/C12H14FO/c1-4-10-5-11(9(2)8-13)7-12(6-10)14-3/h4-7,9H,1-2,8H2,3H3. The molecular weight excluding hydrogens is 179 g/mol. The number of halogens is 1. The maximum atomic E-state index is 12.4. The van der Waals surface area contributed by atoms with Gasteiger partial charge in [0.1, 0.15) is 5.75 Å². The Hall–Kier alpha value is -1.31. The molecule has 0 N–H and O–H groups in total. The topological polar surface area (TPSA) is 9.23 Å². The quantitative estimate of drug-likeness (QED) is 0.713. The van der Waals surface area contributed by atoms with E-state index in [1.54, 1.807) is 19.3 Å². The van der Waals surface area contributed by atoms with Crippen LogP contribution in [0, 0.1) is 6.92 Å². The molecule has 0 spiro atoms. The van der Waals surface area contributed by atoms with Crippen LogP contribution in [0.5, 0.6) is 5.75 Å². The summed E-state index contributed by atoms with van der Waals surface area (Å²) in [4.78, 5) is 0. The van der Waals surface area contributed by atoms with Crippen molar-refractivity contribution in [1.82, 2.24) is 0 Å². The summed E-state index contributed by atoms with van der Waals surface area (Å²) in [5.41, 5.74) is 1.75. The first-order valence-electron chi connectivity index (χ1n) is 4.41. The average molecular weight is 193 g/mol. The van der Waals surface area contributed by atoms with E-state index in [1.807, 2.05) is 12.1 Å². The summed E-state index contributed by atoms with van der Waals surface area (Å²) >= 11 is 0. The van der Waals surface area contributed by atoms with Crippen LogP contribution in [0.1, 0.15) is 17.0 Å². The molecule has 0 amide bonds. The van der Waals surface area contributed by atoms with Crippen LogP contribution >= 0.6 is 0 Å². The summed E-state index contributed by atoms with van der Waals surface area (Å²) in [6.45, 7) is 6.91. The van der Waals surface area contributed by atoms with Gasteiger partial charge in [-0.05, 0) is 30.2 Å². The molecule has 1 atom stereocenters. The van der Waals surface area contributed by atoms with Gasteiger partial charge in [-0.25, -0.2) is 0 Å². The smallest absolute Gasteiger partial charge is 0.119 e. The molecule has 1 rings (SSSR count). The normalized spacial score (nSPS) is 12.2. The highest BCUT2D eigenvalue weighted by Gasteiger charge is 2.07. The SMILES string of the molecule is [CH2]C(CF)c1cc(C=C)cc(OC)c1. The van der Waals surface area contributed by atoms with Gasteiger partial charge in [0.25, 0.3) is 0 Å². The molecule has 14 heavy (non-hydrogen) atoms. The third-order valence-electron chi connectivity index (χ3n) is 2.08. The van der Waals surface area contributed by atoms with Crippen LogP contribution in [0.15, 0.2) is 24.8 Å². The minimum atomic E-state index is -0.469. The summed E-state index contributed by atoms with van der Waals surface area (Å²) in [6.07, 6.45) is 1.71. The minimum Gasteiger partial charge on any atom is -0.497 e. The zero-order chi connectivity index (χ0) is 10.6. The van der Waals surface area contributed by atoms with Gasteiger partial charge in [-0.1, -0.05) is 18.7 Å².